The van der Waals surface area contributed by atoms with E-state index in [-0.39, 0.29) is 0 Å². The van der Waals surface area contributed by atoms with E-state index in [1.165, 1.54) is 5.56 Å². The molecule has 15 heavy (non-hydrogen) atoms. The van der Waals surface area contributed by atoms with Crippen molar-refractivity contribution < 1.29 is 9.47 Å². The van der Waals surface area contributed by atoms with Crippen LogP contribution in [0.4, 0.5) is 0 Å². The second-order valence-electron chi connectivity index (χ2n) is 3.81. The van der Waals surface area contributed by atoms with Gasteiger partial charge >= 0.3 is 0 Å². The molecule has 1 aromatic rings. The van der Waals surface area contributed by atoms with Crippen LogP contribution in [0.2, 0.25) is 0 Å². The third-order valence-electron chi connectivity index (χ3n) is 2.93. The minimum Gasteiger partial charge on any atom is -0.495 e. The molecule has 0 aliphatic heterocycles. The Morgan fingerprint density at radius 1 is 1.47 bits per heavy atom. The number of pyridine rings is 1. The van der Waals surface area contributed by atoms with E-state index < -0.39 is 0 Å². The van der Waals surface area contributed by atoms with Gasteiger partial charge in [-0.05, 0) is 24.8 Å². The van der Waals surface area contributed by atoms with Crippen LogP contribution in [0.25, 0.3) is 0 Å². The molecule has 1 heterocycles. The predicted octanol–water partition coefficient (Wildman–Crippen LogP) is 1.16. The molecule has 0 unspecified atom stereocenters. The Balaban J connectivity index is 2.27. The fourth-order valence-corrected chi connectivity index (χ4v) is 1.90. The Kier molecular flexibility index (Phi) is 2.77. The first-order chi connectivity index (χ1) is 7.30. The van der Waals surface area contributed by atoms with Gasteiger partial charge in [-0.25, -0.2) is 4.98 Å². The van der Waals surface area contributed by atoms with Gasteiger partial charge in [0.25, 0.3) is 0 Å². The number of nitrogens with zero attached hydrogens (tertiary/aromatic N) is 1. The lowest BCUT2D eigenvalue weighted by molar-refractivity contribution is 0.384. The average Bonchev–Trinajstić information content (AvgIpc) is 3.07. The Labute approximate surface area is 89.4 Å². The standard InChI is InChI=1S/C11H16N2O2/c1-14-10-6-13-11(15-2)4-9(10)8-3-7(8)5-12/h4,6-8H,3,5,12H2,1-2H3/t7-,8+/m0/s1. The summed E-state index contributed by atoms with van der Waals surface area (Å²) < 4.78 is 10.4. The van der Waals surface area contributed by atoms with Gasteiger partial charge in [-0.15, -0.1) is 0 Å². The van der Waals surface area contributed by atoms with Gasteiger partial charge in [0, 0.05) is 11.6 Å². The third-order valence-corrected chi connectivity index (χ3v) is 2.93. The highest BCUT2D eigenvalue weighted by Crippen LogP contribution is 2.50. The van der Waals surface area contributed by atoms with E-state index in [1.807, 2.05) is 6.07 Å². The molecule has 1 fully saturated rings. The molecule has 0 spiro atoms. The highest BCUT2D eigenvalue weighted by molar-refractivity contribution is 5.40. The molecule has 4 heteroatoms. The zero-order chi connectivity index (χ0) is 10.8. The Bertz CT molecular complexity index is 354. The van der Waals surface area contributed by atoms with Gasteiger partial charge in [-0.1, -0.05) is 0 Å². The fourth-order valence-electron chi connectivity index (χ4n) is 1.90. The van der Waals surface area contributed by atoms with Gasteiger partial charge in [0.2, 0.25) is 5.88 Å². The van der Waals surface area contributed by atoms with Crippen LogP contribution in [0.3, 0.4) is 0 Å². The molecule has 0 bridgehead atoms. The summed E-state index contributed by atoms with van der Waals surface area (Å²) in [6.07, 6.45) is 2.85. The van der Waals surface area contributed by atoms with Crippen LogP contribution in [-0.2, 0) is 0 Å². The SMILES string of the molecule is COc1cc([C@@H]2C[C@H]2CN)c(OC)cn1. The maximum absolute atomic E-state index is 5.64. The number of hydrogen-bond donors (Lipinski definition) is 1. The molecule has 0 amide bonds. The maximum atomic E-state index is 5.64. The van der Waals surface area contributed by atoms with Crippen molar-refractivity contribution in [3.05, 3.63) is 17.8 Å². The van der Waals surface area contributed by atoms with E-state index in [0.29, 0.717) is 17.7 Å². The smallest absolute Gasteiger partial charge is 0.213 e. The molecule has 2 rings (SSSR count). The minimum absolute atomic E-state index is 0.516. The van der Waals surface area contributed by atoms with Crippen molar-refractivity contribution in [1.29, 1.82) is 0 Å². The minimum atomic E-state index is 0.516. The lowest BCUT2D eigenvalue weighted by Gasteiger charge is -2.08. The Morgan fingerprint density at radius 2 is 2.27 bits per heavy atom. The molecule has 0 aromatic carbocycles. The molecular formula is C11H16N2O2. The van der Waals surface area contributed by atoms with E-state index in [1.54, 1.807) is 20.4 Å². The Morgan fingerprint density at radius 3 is 2.80 bits per heavy atom. The number of rotatable bonds is 4. The molecular weight excluding hydrogens is 192 g/mol. The average molecular weight is 208 g/mol. The van der Waals surface area contributed by atoms with Crippen molar-refractivity contribution in [2.45, 2.75) is 12.3 Å². The zero-order valence-electron chi connectivity index (χ0n) is 9.06. The first kappa shape index (κ1) is 10.2. The zero-order valence-corrected chi connectivity index (χ0v) is 9.06. The lowest BCUT2D eigenvalue weighted by atomic mass is 10.1. The van der Waals surface area contributed by atoms with Crippen LogP contribution < -0.4 is 15.2 Å². The van der Waals surface area contributed by atoms with Crippen LogP contribution in [0.5, 0.6) is 11.6 Å². The normalized spacial score (nSPS) is 23.7. The summed E-state index contributed by atoms with van der Waals surface area (Å²) in [6, 6.07) is 1.94. The molecule has 1 aromatic heterocycles. The quantitative estimate of drug-likeness (QED) is 0.806. The van der Waals surface area contributed by atoms with Crippen molar-refractivity contribution in [2.24, 2.45) is 11.7 Å². The van der Waals surface area contributed by atoms with Gasteiger partial charge in [-0.2, -0.15) is 0 Å². The van der Waals surface area contributed by atoms with Crippen molar-refractivity contribution in [3.8, 4) is 11.6 Å². The molecule has 1 aliphatic carbocycles. The van der Waals surface area contributed by atoms with Crippen molar-refractivity contribution in [1.82, 2.24) is 4.98 Å². The van der Waals surface area contributed by atoms with Crippen LogP contribution in [-0.4, -0.2) is 25.7 Å². The molecule has 1 aliphatic rings. The summed E-state index contributed by atoms with van der Waals surface area (Å²) in [6.45, 7) is 0.735. The number of nitrogens with two attached hydrogens (primary N) is 1. The highest BCUT2D eigenvalue weighted by Gasteiger charge is 2.39. The second kappa shape index (κ2) is 4.06. The monoisotopic (exact) mass is 208 g/mol. The first-order valence-electron chi connectivity index (χ1n) is 5.08. The van der Waals surface area contributed by atoms with E-state index >= 15 is 0 Å². The summed E-state index contributed by atoms with van der Waals surface area (Å²) in [7, 11) is 3.28. The molecule has 4 nitrogen and oxygen atoms in total. The number of methoxy groups -OCH3 is 2. The van der Waals surface area contributed by atoms with Crippen molar-refractivity contribution in [3.63, 3.8) is 0 Å². The molecule has 82 valence electrons. The molecule has 1 saturated carbocycles. The van der Waals surface area contributed by atoms with Crippen LogP contribution >= 0.6 is 0 Å². The van der Waals surface area contributed by atoms with Crippen molar-refractivity contribution >= 4 is 0 Å². The van der Waals surface area contributed by atoms with Gasteiger partial charge in [0.05, 0.1) is 20.4 Å². The van der Waals surface area contributed by atoms with Gasteiger partial charge in [0.15, 0.2) is 0 Å². The molecule has 2 N–H and O–H groups in total. The van der Waals surface area contributed by atoms with E-state index in [4.69, 9.17) is 15.2 Å². The van der Waals surface area contributed by atoms with Crippen LogP contribution in [0, 0.1) is 5.92 Å². The number of aromatic nitrogens is 1. The summed E-state index contributed by atoms with van der Waals surface area (Å²) in [4.78, 5) is 4.11. The molecule has 2 atom stereocenters. The summed E-state index contributed by atoms with van der Waals surface area (Å²) in [5.74, 6) is 2.57. The van der Waals surface area contributed by atoms with E-state index in [2.05, 4.69) is 4.98 Å². The maximum Gasteiger partial charge on any atom is 0.213 e. The first-order valence-corrected chi connectivity index (χ1v) is 5.08. The number of hydrogen-bond acceptors (Lipinski definition) is 4. The van der Waals surface area contributed by atoms with E-state index in [9.17, 15) is 0 Å². The second-order valence-corrected chi connectivity index (χ2v) is 3.81. The number of ether oxygens (including phenoxy) is 2. The molecule has 0 saturated heterocycles. The topological polar surface area (TPSA) is 57.4 Å². The summed E-state index contributed by atoms with van der Waals surface area (Å²) in [5.41, 5.74) is 6.80. The lowest BCUT2D eigenvalue weighted by Crippen LogP contribution is -2.03. The highest BCUT2D eigenvalue weighted by atomic mass is 16.5. The largest absolute Gasteiger partial charge is 0.495 e. The summed E-state index contributed by atoms with van der Waals surface area (Å²) in [5, 5.41) is 0. The third kappa shape index (κ3) is 1.90. The van der Waals surface area contributed by atoms with E-state index in [0.717, 1.165) is 18.7 Å². The van der Waals surface area contributed by atoms with Crippen LogP contribution in [0.15, 0.2) is 12.3 Å². The van der Waals surface area contributed by atoms with Gasteiger partial charge in [0.1, 0.15) is 5.75 Å². The fraction of sp³-hybridized carbons (Fsp3) is 0.545. The van der Waals surface area contributed by atoms with Crippen LogP contribution in [0.1, 0.15) is 17.9 Å². The van der Waals surface area contributed by atoms with Crippen molar-refractivity contribution in [2.75, 3.05) is 20.8 Å². The summed E-state index contributed by atoms with van der Waals surface area (Å²) >= 11 is 0. The molecule has 0 radical (unpaired) electrons. The Hall–Kier alpha value is -1.29. The van der Waals surface area contributed by atoms with Gasteiger partial charge in [-0.3, -0.25) is 0 Å². The predicted molar refractivity (Wildman–Crippen MR) is 57.2 cm³/mol. The van der Waals surface area contributed by atoms with Gasteiger partial charge < -0.3 is 15.2 Å².